The molecule has 0 saturated carbocycles. The largest absolute Gasteiger partial charge is 0.472 e. The number of fused-ring (bicyclic) bond motifs is 4. The predicted octanol–water partition coefficient (Wildman–Crippen LogP) is 0.488. The smallest absolute Gasteiger partial charge is 0.382 e. The summed E-state index contributed by atoms with van der Waals surface area (Å²) >= 11 is 5.18. The lowest BCUT2D eigenvalue weighted by molar-refractivity contribution is -0.0623. The maximum atomic E-state index is 15.9. The van der Waals surface area contributed by atoms with Gasteiger partial charge in [0.25, 0.3) is 0 Å². The summed E-state index contributed by atoms with van der Waals surface area (Å²) in [4.78, 5) is 45.8. The number of imidazole rings is 2. The molecule has 43 heavy (non-hydrogen) atoms. The monoisotopic (exact) mass is 660 g/mol. The van der Waals surface area contributed by atoms with E-state index in [2.05, 4.69) is 29.9 Å². The Balaban J connectivity index is 1.15. The van der Waals surface area contributed by atoms with Crippen molar-refractivity contribution in [3.05, 3.63) is 25.3 Å². The first kappa shape index (κ1) is 28.9. The minimum atomic E-state index is -4.79. The lowest BCUT2D eigenvalue weighted by atomic mass is 10.1. The molecule has 9 atom stereocenters. The summed E-state index contributed by atoms with van der Waals surface area (Å²) in [7, 11) is -4.79. The van der Waals surface area contributed by atoms with E-state index in [1.165, 1.54) is 29.9 Å². The first-order chi connectivity index (χ1) is 20.5. The van der Waals surface area contributed by atoms with E-state index in [4.69, 9.17) is 50.8 Å². The molecule has 23 heteroatoms. The predicted molar refractivity (Wildman–Crippen MR) is 145 cm³/mol. The number of alkyl halides is 1. The molecule has 19 nitrogen and oxygen atoms in total. The van der Waals surface area contributed by atoms with Crippen LogP contribution in [0, 0.1) is 0 Å². The van der Waals surface area contributed by atoms with E-state index < -0.39 is 70.8 Å². The summed E-state index contributed by atoms with van der Waals surface area (Å²) in [5, 5.41) is 0. The standard InChI is InChI=1S/C20H23FN10O9P2S/c21-12-15-10(38-20(12)31-7-29-14-17(23)25-5-27-19(14)31)3-35-41(32,33)39-8-1-11(37-9(8)2-36-42(34,43)40-15)30-6-28-13-16(22)24-4-26-18(13)30/h4-12,15,20H,1-3H2,(H,32,33)(H,34,43)(H2,22,24,26)(H2,23,25,27)/t8-,9?,10+,11+,12+,15+,20+,42?/m0/s1. The molecule has 4 aromatic heterocycles. The molecule has 0 aromatic carbocycles. The number of aromatic nitrogens is 8. The molecular weight excluding hydrogens is 637 g/mol. The summed E-state index contributed by atoms with van der Waals surface area (Å²) in [6, 6.07) is 0. The Morgan fingerprint density at radius 3 is 2.19 bits per heavy atom. The molecule has 3 unspecified atom stereocenters. The molecule has 3 saturated heterocycles. The number of nitrogens with two attached hydrogens (primary N) is 2. The fourth-order valence-electron chi connectivity index (χ4n) is 5.17. The second-order valence-corrected chi connectivity index (χ2v) is 14.0. The third-order valence-electron chi connectivity index (χ3n) is 7.13. The number of nitrogen functional groups attached to an aromatic ring is 2. The Labute approximate surface area is 245 Å². The van der Waals surface area contributed by atoms with Crippen LogP contribution >= 0.6 is 14.5 Å². The molecule has 0 radical (unpaired) electrons. The zero-order chi connectivity index (χ0) is 30.1. The zero-order valence-corrected chi connectivity index (χ0v) is 24.2. The number of hydrogen-bond donors (Lipinski definition) is 4. The van der Waals surface area contributed by atoms with Crippen LogP contribution < -0.4 is 11.5 Å². The molecule has 0 bridgehead atoms. The van der Waals surface area contributed by atoms with Gasteiger partial charge in [0.2, 0.25) is 0 Å². The van der Waals surface area contributed by atoms with Gasteiger partial charge in [-0.1, -0.05) is 0 Å². The highest BCUT2D eigenvalue weighted by Crippen LogP contribution is 2.54. The van der Waals surface area contributed by atoms with Gasteiger partial charge in [0.15, 0.2) is 35.3 Å². The van der Waals surface area contributed by atoms with Gasteiger partial charge in [-0.3, -0.25) is 22.7 Å². The number of phosphoric ester groups is 1. The topological polar surface area (TPSA) is 252 Å². The molecule has 3 fully saturated rings. The van der Waals surface area contributed by atoms with Crippen molar-refractivity contribution in [3.8, 4) is 0 Å². The summed E-state index contributed by atoms with van der Waals surface area (Å²) < 4.78 is 65.4. The maximum Gasteiger partial charge on any atom is 0.472 e. The molecule has 3 aliphatic rings. The first-order valence-corrected chi connectivity index (χ1v) is 16.7. The average molecular weight is 660 g/mol. The van der Waals surface area contributed by atoms with Crippen molar-refractivity contribution in [2.45, 2.75) is 49.5 Å². The number of hydrogen-bond acceptors (Lipinski definition) is 16. The molecular formula is C20H23FN10O9P2S. The van der Waals surface area contributed by atoms with E-state index in [0.29, 0.717) is 11.2 Å². The highest BCUT2D eigenvalue weighted by Gasteiger charge is 2.52. The van der Waals surface area contributed by atoms with Crippen LogP contribution in [0.5, 0.6) is 0 Å². The number of rotatable bonds is 2. The molecule has 3 aliphatic heterocycles. The van der Waals surface area contributed by atoms with Crippen molar-refractivity contribution in [1.82, 2.24) is 39.0 Å². The van der Waals surface area contributed by atoms with Crippen molar-refractivity contribution >= 4 is 60.3 Å². The van der Waals surface area contributed by atoms with E-state index in [-0.39, 0.29) is 29.2 Å². The Morgan fingerprint density at radius 1 is 0.860 bits per heavy atom. The van der Waals surface area contributed by atoms with Crippen LogP contribution in [-0.4, -0.2) is 92.6 Å². The SMILES string of the molecule is Nc1ncnc2c1ncn2[C@@H]1O[C@@H]2COP(=O)(O)O[C@H]3C[C@H](n4cnc5c(N)ncnc54)OC3COP(O)(=S)O[C@H]2[C@H]1F. The summed E-state index contributed by atoms with van der Waals surface area (Å²) in [5.74, 6) is 0.216. The van der Waals surface area contributed by atoms with Gasteiger partial charge in [-0.25, -0.2) is 38.9 Å². The third kappa shape index (κ3) is 5.29. The Kier molecular flexibility index (Phi) is 7.18. The minimum absolute atomic E-state index is 0.0162. The number of anilines is 2. The van der Waals surface area contributed by atoms with Crippen molar-refractivity contribution in [1.29, 1.82) is 0 Å². The first-order valence-electron chi connectivity index (χ1n) is 12.6. The quantitative estimate of drug-likeness (QED) is 0.213. The van der Waals surface area contributed by atoms with Crippen LogP contribution in [-0.2, 0) is 43.9 Å². The van der Waals surface area contributed by atoms with E-state index in [9.17, 15) is 14.4 Å². The average Bonchev–Trinajstić information content (AvgIpc) is 3.72. The molecule has 6 N–H and O–H groups in total. The molecule has 0 spiro atoms. The molecule has 230 valence electrons. The van der Waals surface area contributed by atoms with Crippen LogP contribution in [0.3, 0.4) is 0 Å². The van der Waals surface area contributed by atoms with Crippen LogP contribution in [0.15, 0.2) is 25.3 Å². The molecule has 0 aliphatic carbocycles. The highest BCUT2D eigenvalue weighted by atomic mass is 32.5. The van der Waals surface area contributed by atoms with Gasteiger partial charge >= 0.3 is 14.5 Å². The maximum absolute atomic E-state index is 15.9. The number of halogens is 1. The second-order valence-electron chi connectivity index (χ2n) is 9.78. The Hall–Kier alpha value is -2.81. The second kappa shape index (κ2) is 10.7. The molecule has 4 aromatic rings. The zero-order valence-electron chi connectivity index (χ0n) is 21.6. The fraction of sp³-hybridized carbons (Fsp3) is 0.500. The van der Waals surface area contributed by atoms with E-state index in [1.54, 1.807) is 4.57 Å². The minimum Gasteiger partial charge on any atom is -0.382 e. The normalized spacial score (nSPS) is 37.1. The van der Waals surface area contributed by atoms with Crippen LogP contribution in [0.2, 0.25) is 0 Å². The van der Waals surface area contributed by atoms with Crippen molar-refractivity contribution in [2.75, 3.05) is 24.7 Å². The van der Waals surface area contributed by atoms with Gasteiger partial charge < -0.3 is 35.3 Å². The third-order valence-corrected chi connectivity index (χ3v) is 9.71. The number of nitrogens with zero attached hydrogens (tertiary/aromatic N) is 8. The van der Waals surface area contributed by atoms with E-state index in [0.717, 1.165) is 0 Å². The Morgan fingerprint density at radius 2 is 1.49 bits per heavy atom. The Bertz CT molecular complexity index is 1800. The number of ether oxygens (including phenoxy) is 2. The van der Waals surface area contributed by atoms with Crippen molar-refractivity contribution in [2.24, 2.45) is 0 Å². The molecule has 0 amide bonds. The molecule has 7 rings (SSSR count). The van der Waals surface area contributed by atoms with Gasteiger partial charge in [-0.2, -0.15) is 0 Å². The van der Waals surface area contributed by atoms with Crippen molar-refractivity contribution in [3.63, 3.8) is 0 Å². The fourth-order valence-corrected chi connectivity index (χ4v) is 7.56. The van der Waals surface area contributed by atoms with Gasteiger partial charge in [-0.05, 0) is 11.8 Å². The summed E-state index contributed by atoms with van der Waals surface area (Å²) in [6.45, 7) is -5.27. The van der Waals surface area contributed by atoms with Crippen molar-refractivity contribution < 1.29 is 46.3 Å². The van der Waals surface area contributed by atoms with Crippen LogP contribution in [0.25, 0.3) is 22.3 Å². The van der Waals surface area contributed by atoms with Crippen LogP contribution in [0.4, 0.5) is 16.0 Å². The van der Waals surface area contributed by atoms with Gasteiger partial charge in [0, 0.05) is 6.42 Å². The molecule has 7 heterocycles. The van der Waals surface area contributed by atoms with Gasteiger partial charge in [0.05, 0.1) is 25.9 Å². The van der Waals surface area contributed by atoms with Gasteiger partial charge in [-0.15, -0.1) is 0 Å². The van der Waals surface area contributed by atoms with Crippen LogP contribution in [0.1, 0.15) is 18.9 Å². The van der Waals surface area contributed by atoms with E-state index in [1.807, 2.05) is 0 Å². The van der Waals surface area contributed by atoms with E-state index >= 15 is 4.39 Å². The lowest BCUT2D eigenvalue weighted by Gasteiger charge is -2.28. The summed E-state index contributed by atoms with van der Waals surface area (Å²) in [5.41, 5.74) is 12.7. The number of phosphoric acid groups is 1. The summed E-state index contributed by atoms with van der Waals surface area (Å²) in [6.07, 6.45) is -4.17. The van der Waals surface area contributed by atoms with Gasteiger partial charge in [0.1, 0.15) is 54.3 Å². The highest BCUT2D eigenvalue weighted by molar-refractivity contribution is 8.07. The lowest BCUT2D eigenvalue weighted by Crippen LogP contribution is -2.35.